The Labute approximate surface area is 215 Å². The first-order chi connectivity index (χ1) is 17.4. The lowest BCUT2D eigenvalue weighted by Gasteiger charge is -2.19. The fraction of sp³-hybridized carbons (Fsp3) is 0.310. The second kappa shape index (κ2) is 10.1. The van der Waals surface area contributed by atoms with Gasteiger partial charge in [0.15, 0.2) is 6.29 Å². The molecule has 4 atom stereocenters. The second-order valence-corrected chi connectivity index (χ2v) is 10.3. The molecule has 3 aromatic rings. The molecule has 1 heterocycles. The van der Waals surface area contributed by atoms with Crippen LogP contribution < -0.4 is 5.32 Å². The number of hydrogen-bond donors (Lipinski definition) is 2. The molecule has 1 saturated carbocycles. The largest absolute Gasteiger partial charge is 0.479 e. The summed E-state index contributed by atoms with van der Waals surface area (Å²) in [6.07, 6.45) is 1.66. The van der Waals surface area contributed by atoms with Crippen molar-refractivity contribution < 1.29 is 24.2 Å². The summed E-state index contributed by atoms with van der Waals surface area (Å²) in [6.45, 7) is 2.43. The van der Waals surface area contributed by atoms with Crippen LogP contribution >= 0.6 is 11.8 Å². The minimum Gasteiger partial charge on any atom is -0.479 e. The maximum atomic E-state index is 13.5. The van der Waals surface area contributed by atoms with Crippen molar-refractivity contribution in [2.75, 3.05) is 18.6 Å². The zero-order chi connectivity index (χ0) is 25.3. The Morgan fingerprint density at radius 2 is 1.78 bits per heavy atom. The molecule has 0 radical (unpaired) electrons. The first-order valence-corrected chi connectivity index (χ1v) is 13.4. The monoisotopic (exact) mass is 503 g/mol. The first-order valence-electron chi connectivity index (χ1n) is 12.0. The number of carbonyl (C=O) groups is 2. The fourth-order valence-corrected chi connectivity index (χ4v) is 5.70. The number of nitrogens with one attached hydrogen (secondary N) is 1. The molecule has 2 fully saturated rings. The molecule has 5 rings (SSSR count). The highest BCUT2D eigenvalue weighted by Gasteiger charge is 2.61. The van der Waals surface area contributed by atoms with E-state index >= 15 is 0 Å². The number of hydrogen-bond acceptors (Lipinski definition) is 5. The van der Waals surface area contributed by atoms with E-state index in [1.165, 1.54) is 0 Å². The zero-order valence-electron chi connectivity index (χ0n) is 20.3. The van der Waals surface area contributed by atoms with Crippen LogP contribution in [-0.4, -0.2) is 41.1 Å². The smallest absolute Gasteiger partial charge is 0.329 e. The maximum absolute atomic E-state index is 13.5. The number of aryl methyl sites for hydroxylation is 1. The van der Waals surface area contributed by atoms with Gasteiger partial charge in [0.1, 0.15) is 11.6 Å². The number of amides is 1. The minimum absolute atomic E-state index is 0.0784. The molecule has 1 aliphatic heterocycles. The Bertz CT molecular complexity index is 1280. The summed E-state index contributed by atoms with van der Waals surface area (Å²) in [7, 11) is 0. The third-order valence-electron chi connectivity index (χ3n) is 7.05. The second-order valence-electron chi connectivity index (χ2n) is 9.41. The van der Waals surface area contributed by atoms with Crippen LogP contribution in [0.4, 0.5) is 0 Å². The molecular formula is C29H29NO5S. The van der Waals surface area contributed by atoms with Gasteiger partial charge in [-0.3, -0.25) is 4.79 Å². The van der Waals surface area contributed by atoms with Crippen LogP contribution in [0.15, 0.2) is 72.8 Å². The van der Waals surface area contributed by atoms with Gasteiger partial charge in [-0.15, -0.1) is 0 Å². The summed E-state index contributed by atoms with van der Waals surface area (Å²) in [4.78, 5) is 25.5. The molecule has 1 amide bonds. The molecule has 7 heteroatoms. The highest BCUT2D eigenvalue weighted by molar-refractivity contribution is 7.98. The molecule has 1 aliphatic carbocycles. The predicted octanol–water partition coefficient (Wildman–Crippen LogP) is 5.38. The summed E-state index contributed by atoms with van der Waals surface area (Å²) >= 11 is 1.59. The van der Waals surface area contributed by atoms with Gasteiger partial charge < -0.3 is 19.9 Å². The van der Waals surface area contributed by atoms with E-state index in [1.54, 1.807) is 17.8 Å². The average molecular weight is 504 g/mol. The lowest BCUT2D eigenvalue weighted by Crippen LogP contribution is -2.45. The Balaban J connectivity index is 1.46. The Morgan fingerprint density at radius 3 is 2.50 bits per heavy atom. The van der Waals surface area contributed by atoms with Gasteiger partial charge in [0.25, 0.3) is 5.91 Å². The highest BCUT2D eigenvalue weighted by atomic mass is 32.2. The third kappa shape index (κ3) is 4.66. The topological polar surface area (TPSA) is 84.9 Å². The van der Waals surface area contributed by atoms with Gasteiger partial charge in [0.05, 0.1) is 6.61 Å². The van der Waals surface area contributed by atoms with E-state index in [1.807, 2.05) is 79.9 Å². The molecule has 3 unspecified atom stereocenters. The molecule has 3 aromatic carbocycles. The van der Waals surface area contributed by atoms with Crippen molar-refractivity contribution in [1.29, 1.82) is 0 Å². The van der Waals surface area contributed by atoms with Crippen LogP contribution in [0.5, 0.6) is 0 Å². The van der Waals surface area contributed by atoms with Gasteiger partial charge in [-0.2, -0.15) is 11.8 Å². The minimum atomic E-state index is -1.21. The lowest BCUT2D eigenvalue weighted by atomic mass is 9.93. The Morgan fingerprint density at radius 1 is 1.03 bits per heavy atom. The van der Waals surface area contributed by atoms with Crippen molar-refractivity contribution in [2.45, 2.75) is 31.3 Å². The zero-order valence-corrected chi connectivity index (χ0v) is 21.1. The molecule has 0 spiro atoms. The third-order valence-corrected chi connectivity index (χ3v) is 7.78. The molecule has 2 N–H and O–H groups in total. The van der Waals surface area contributed by atoms with Gasteiger partial charge >= 0.3 is 5.97 Å². The number of rotatable bonds is 8. The van der Waals surface area contributed by atoms with Crippen molar-refractivity contribution in [3.8, 4) is 11.1 Å². The van der Waals surface area contributed by atoms with E-state index in [0.717, 1.165) is 27.8 Å². The van der Waals surface area contributed by atoms with Gasteiger partial charge in [-0.25, -0.2) is 4.79 Å². The lowest BCUT2D eigenvalue weighted by molar-refractivity contribution is -0.140. The van der Waals surface area contributed by atoms with Crippen LogP contribution in [0.2, 0.25) is 0 Å². The van der Waals surface area contributed by atoms with Crippen molar-refractivity contribution in [1.82, 2.24) is 5.32 Å². The van der Waals surface area contributed by atoms with Crippen molar-refractivity contribution >= 4 is 23.6 Å². The van der Waals surface area contributed by atoms with Crippen molar-refractivity contribution in [2.24, 2.45) is 5.92 Å². The molecule has 36 heavy (non-hydrogen) atoms. The Hall–Kier alpha value is -3.13. The normalized spacial score (nSPS) is 24.9. The van der Waals surface area contributed by atoms with Crippen LogP contribution in [-0.2, 0) is 14.3 Å². The van der Waals surface area contributed by atoms with Crippen LogP contribution in [0, 0.1) is 12.8 Å². The number of aliphatic carboxylic acids is 1. The number of carbonyl (C=O) groups excluding carboxylic acids is 1. The Kier molecular flexibility index (Phi) is 6.88. The van der Waals surface area contributed by atoms with Crippen LogP contribution in [0.1, 0.15) is 45.9 Å². The van der Waals surface area contributed by atoms with Crippen molar-refractivity contribution in [3.05, 3.63) is 95.1 Å². The number of thioether (sulfide) groups is 1. The summed E-state index contributed by atoms with van der Waals surface area (Å²) in [5, 5.41) is 12.7. The molecule has 186 valence electrons. The summed E-state index contributed by atoms with van der Waals surface area (Å²) in [5.74, 6) is -0.759. The van der Waals surface area contributed by atoms with Gasteiger partial charge in [-0.1, -0.05) is 60.7 Å². The van der Waals surface area contributed by atoms with Gasteiger partial charge in [-0.05, 0) is 59.7 Å². The molecule has 6 nitrogen and oxygen atoms in total. The molecule has 0 aromatic heterocycles. The van der Waals surface area contributed by atoms with Crippen LogP contribution in [0.3, 0.4) is 0 Å². The number of carboxylic acids is 1. The maximum Gasteiger partial charge on any atom is 0.329 e. The predicted molar refractivity (Wildman–Crippen MR) is 140 cm³/mol. The van der Waals surface area contributed by atoms with E-state index in [0.29, 0.717) is 24.3 Å². The molecule has 1 saturated heterocycles. The quantitative estimate of drug-likeness (QED) is 0.429. The van der Waals surface area contributed by atoms with E-state index < -0.39 is 17.8 Å². The van der Waals surface area contributed by atoms with Crippen LogP contribution in [0.25, 0.3) is 11.1 Å². The fourth-order valence-electron chi connectivity index (χ4n) is 4.89. The van der Waals surface area contributed by atoms with E-state index in [4.69, 9.17) is 9.47 Å². The molecular weight excluding hydrogens is 474 g/mol. The van der Waals surface area contributed by atoms with Gasteiger partial charge in [0.2, 0.25) is 0 Å². The highest BCUT2D eigenvalue weighted by Crippen LogP contribution is 2.46. The SMILES string of the molecule is CSC[C@@H]1CC1(NC(=O)c1ccc(C2OCC(c3ccccc3)O2)cc1-c1ccccc1C)C(=O)O. The van der Waals surface area contributed by atoms with E-state index in [2.05, 4.69) is 5.32 Å². The van der Waals surface area contributed by atoms with Gasteiger partial charge in [0, 0.05) is 17.0 Å². The van der Waals surface area contributed by atoms with E-state index in [9.17, 15) is 14.7 Å². The first kappa shape index (κ1) is 24.6. The number of carboxylic acid groups (broad SMARTS) is 1. The number of benzene rings is 3. The summed E-state index contributed by atoms with van der Waals surface area (Å²) in [5.41, 5.74) is 3.73. The molecule has 0 bridgehead atoms. The average Bonchev–Trinajstić information content (AvgIpc) is 3.35. The number of ether oxygens (including phenoxy) is 2. The summed E-state index contributed by atoms with van der Waals surface area (Å²) < 4.78 is 12.2. The van der Waals surface area contributed by atoms with Crippen molar-refractivity contribution in [3.63, 3.8) is 0 Å². The molecule has 2 aliphatic rings. The van der Waals surface area contributed by atoms with E-state index in [-0.39, 0.29) is 17.9 Å². The summed E-state index contributed by atoms with van der Waals surface area (Å²) in [6, 6.07) is 23.3. The standard InChI is InChI=1S/C29H29NO5S/c1-18-8-6-7-11-22(18)24-14-20(27-34-16-25(35-27)19-9-4-3-5-10-19)12-13-23(24)26(31)30-29(28(32)33)15-21(29)17-36-2/h3-14,21,25,27H,15-17H2,1-2H3,(H,30,31)(H,32,33)/t21-,25?,27?,29?/m0/s1.